The highest BCUT2D eigenvalue weighted by Crippen LogP contribution is 2.45. The van der Waals surface area contributed by atoms with Crippen molar-refractivity contribution in [1.29, 1.82) is 0 Å². The first-order valence-electron chi connectivity index (χ1n) is 29.3. The van der Waals surface area contributed by atoms with Gasteiger partial charge in [0.25, 0.3) is 5.91 Å². The number of hydrogen-bond acceptors (Lipinski definition) is 17. The predicted molar refractivity (Wildman–Crippen MR) is 310 cm³/mol. The highest BCUT2D eigenvalue weighted by molar-refractivity contribution is 6.31. The summed E-state index contributed by atoms with van der Waals surface area (Å²) < 4.78 is 28.6. The van der Waals surface area contributed by atoms with Gasteiger partial charge in [-0.25, -0.2) is 4.79 Å². The number of aliphatic hydroxyl groups excluding tert-OH is 3. The molecule has 470 valence electrons. The first-order valence-corrected chi connectivity index (χ1v) is 29.7. The van der Waals surface area contributed by atoms with E-state index < -0.39 is 126 Å². The number of carbonyl (C=O) groups is 9. The number of ether oxygens (including phenoxy) is 5. The number of ketones is 2. The number of Topliss-reactive ketones (excluding diaryl/α,β-unsaturated/α-hetero) is 2. The molecule has 5 rings (SSSR count). The SMILES string of the molecule is CO[C@@H]1O[C@H](C(=O)NCCCC[C@H](CC(=O)[C@@H](NC(=O)CCCC(=O)O)C(C)C)C(=O)CCc2ccc([C@H]3O[C@@H]3[C@@H](C)[C@@H]3C/C=C/C(=O)N[C@H](Cc4ccc(C)c(Cl)c4)C(=O)NCC(C)(C)C(=O)O[C@@H](CC(C)C)C(=O)O3)cc2)[C@@H](O)[C@H](O)[C@H]1O. The zero-order chi connectivity index (χ0) is 62.9. The molecule has 2 aromatic rings. The molecule has 0 aromatic heterocycles. The van der Waals surface area contributed by atoms with Gasteiger partial charge in [0.2, 0.25) is 17.7 Å². The monoisotopic (exact) mass is 1210 g/mol. The van der Waals surface area contributed by atoms with Gasteiger partial charge in [0.05, 0.1) is 17.6 Å². The number of carbonyl (C=O) groups excluding carboxylic acids is 8. The lowest BCUT2D eigenvalue weighted by atomic mass is 9.85. The van der Waals surface area contributed by atoms with E-state index >= 15 is 0 Å². The third-order valence-corrected chi connectivity index (χ3v) is 16.0. The van der Waals surface area contributed by atoms with Crippen LogP contribution in [-0.2, 0) is 79.7 Å². The fourth-order valence-corrected chi connectivity index (χ4v) is 10.4. The maximum absolute atomic E-state index is 14.1. The summed E-state index contributed by atoms with van der Waals surface area (Å²) in [6.07, 6.45) is -6.75. The summed E-state index contributed by atoms with van der Waals surface area (Å²) in [5.74, 6) is -7.08. The molecule has 13 atom stereocenters. The molecule has 8 N–H and O–H groups in total. The molecule has 3 aliphatic heterocycles. The minimum atomic E-state index is -1.73. The van der Waals surface area contributed by atoms with Gasteiger partial charge in [0.15, 0.2) is 24.3 Å². The maximum atomic E-state index is 14.1. The lowest BCUT2D eigenvalue weighted by molar-refractivity contribution is -0.283. The van der Waals surface area contributed by atoms with Gasteiger partial charge in [-0.15, -0.1) is 0 Å². The Labute approximate surface area is 502 Å². The standard InChI is InChI=1S/C62H87ClN4O18/c1-33(2)28-46-59(79)82-45(15-12-16-47(70)66-42(30-38-20-19-35(5)41(63)29-38)57(77)65-32-62(7,8)61(80)83-46)36(6)54-55(84-54)39-24-21-37(22-25-39)23-26-43(68)40(31-44(69)50(34(3)4)67-48(71)17-13-18-49(72)73)14-10-11-27-64-58(78)56-52(75)51(74)53(76)60(81-9)85-56/h12,16,19-22,24-25,29,33-34,36,40,42,45-46,50-56,60,74-76H,10-11,13-15,17-18,23,26-28,30-32H2,1-9H3,(H,64,78)(H,65,77)(H,66,70)(H,67,71)(H,72,73)/b16-12+/t36-,40+,42+,45-,46-,50-,51-,52-,53+,54+,55+,56-,60+/m0/s1. The number of aryl methyl sites for hydroxylation is 2. The van der Waals surface area contributed by atoms with E-state index in [0.717, 1.165) is 16.7 Å². The van der Waals surface area contributed by atoms with Gasteiger partial charge in [-0.1, -0.05) is 95.1 Å². The van der Waals surface area contributed by atoms with Crippen molar-refractivity contribution < 1.29 is 87.3 Å². The first-order chi connectivity index (χ1) is 40.1. The fourth-order valence-electron chi connectivity index (χ4n) is 10.2. The van der Waals surface area contributed by atoms with E-state index in [1.54, 1.807) is 39.8 Å². The third-order valence-electron chi connectivity index (χ3n) is 15.6. The number of aliphatic carboxylic acids is 1. The molecule has 23 heteroatoms. The van der Waals surface area contributed by atoms with Gasteiger partial charge in [-0.05, 0) is 99.1 Å². The number of esters is 2. The molecule has 4 amide bonds. The number of unbranched alkanes of at least 4 members (excludes halogenated alkanes) is 1. The van der Waals surface area contributed by atoms with Crippen LogP contribution in [0.15, 0.2) is 54.6 Å². The minimum absolute atomic E-state index is 0.0614. The van der Waals surface area contributed by atoms with Gasteiger partial charge in [-0.2, -0.15) is 0 Å². The molecule has 22 nitrogen and oxygen atoms in total. The van der Waals surface area contributed by atoms with Crippen molar-refractivity contribution in [2.24, 2.45) is 29.1 Å². The molecule has 0 spiro atoms. The second-order valence-corrected chi connectivity index (χ2v) is 24.4. The van der Waals surface area contributed by atoms with Crippen LogP contribution in [-0.4, -0.2) is 155 Å². The Hall–Kier alpha value is -6.14. The van der Waals surface area contributed by atoms with Crippen LogP contribution in [0, 0.1) is 36.0 Å². The second-order valence-electron chi connectivity index (χ2n) is 24.0. The largest absolute Gasteiger partial charge is 0.481 e. The van der Waals surface area contributed by atoms with Crippen molar-refractivity contribution >= 4 is 64.7 Å². The Bertz CT molecular complexity index is 2680. The van der Waals surface area contributed by atoms with Gasteiger partial charge in [0.1, 0.15) is 42.3 Å². The summed E-state index contributed by atoms with van der Waals surface area (Å²) in [4.78, 5) is 120. The number of halogens is 1. The molecule has 0 aliphatic carbocycles. The average Bonchev–Trinajstić information content (AvgIpc) is 2.42. The maximum Gasteiger partial charge on any atom is 0.347 e. The van der Waals surface area contributed by atoms with Crippen molar-refractivity contribution in [2.45, 2.75) is 200 Å². The number of amides is 4. The molecule has 0 unspecified atom stereocenters. The van der Waals surface area contributed by atoms with E-state index in [0.29, 0.717) is 29.8 Å². The zero-order valence-electron chi connectivity index (χ0n) is 50.1. The molecule has 2 fully saturated rings. The number of carboxylic acid groups (broad SMARTS) is 1. The Kier molecular flexibility index (Phi) is 26.7. The Morgan fingerprint density at radius 2 is 1.54 bits per heavy atom. The number of epoxide rings is 1. The summed E-state index contributed by atoms with van der Waals surface area (Å²) in [6.45, 7) is 14.1. The van der Waals surface area contributed by atoms with Crippen molar-refractivity contribution in [3.05, 3.63) is 81.9 Å². The van der Waals surface area contributed by atoms with E-state index in [2.05, 4.69) is 21.3 Å². The zero-order valence-corrected chi connectivity index (χ0v) is 50.9. The topological polar surface area (TPSA) is 332 Å². The van der Waals surface area contributed by atoms with E-state index in [1.165, 1.54) is 13.2 Å². The molecule has 3 aliphatic rings. The molecule has 85 heavy (non-hydrogen) atoms. The summed E-state index contributed by atoms with van der Waals surface area (Å²) in [7, 11) is 1.21. The van der Waals surface area contributed by atoms with E-state index in [9.17, 15) is 58.5 Å². The van der Waals surface area contributed by atoms with Crippen LogP contribution < -0.4 is 21.3 Å². The van der Waals surface area contributed by atoms with Crippen LogP contribution in [0.3, 0.4) is 0 Å². The van der Waals surface area contributed by atoms with Gasteiger partial charge < -0.3 is 65.4 Å². The molecule has 0 radical (unpaired) electrons. The minimum Gasteiger partial charge on any atom is -0.481 e. The molecule has 3 heterocycles. The van der Waals surface area contributed by atoms with Gasteiger partial charge >= 0.3 is 17.9 Å². The normalized spacial score (nSPS) is 26.2. The van der Waals surface area contributed by atoms with Gasteiger partial charge in [0, 0.05) is 75.6 Å². The quantitative estimate of drug-likeness (QED) is 0.0343. The van der Waals surface area contributed by atoms with E-state index in [1.807, 2.05) is 64.1 Å². The average molecular weight is 1210 g/mol. The summed E-state index contributed by atoms with van der Waals surface area (Å²) >= 11 is 6.40. The highest BCUT2D eigenvalue weighted by atomic mass is 35.5. The molecule has 0 saturated carbocycles. The molecule has 2 saturated heterocycles. The van der Waals surface area contributed by atoms with Crippen LogP contribution in [0.25, 0.3) is 0 Å². The predicted octanol–water partition coefficient (Wildman–Crippen LogP) is 4.64. The number of nitrogens with one attached hydrogen (secondary N) is 4. The second kappa shape index (κ2) is 32.6. The number of rotatable bonds is 27. The molecular weight excluding hydrogens is 1120 g/mol. The fraction of sp³-hybridized carbons (Fsp3) is 0.629. The van der Waals surface area contributed by atoms with Crippen molar-refractivity contribution in [2.75, 3.05) is 20.2 Å². The van der Waals surface area contributed by atoms with Crippen LogP contribution >= 0.6 is 11.6 Å². The van der Waals surface area contributed by atoms with Crippen molar-refractivity contribution in [3.8, 4) is 0 Å². The first kappa shape index (κ1) is 69.6. The van der Waals surface area contributed by atoms with Crippen LogP contribution in [0.4, 0.5) is 0 Å². The number of methoxy groups -OCH3 is 1. The number of aliphatic hydroxyl groups is 3. The van der Waals surface area contributed by atoms with Crippen molar-refractivity contribution in [3.63, 3.8) is 0 Å². The van der Waals surface area contributed by atoms with E-state index in [-0.39, 0.29) is 94.3 Å². The van der Waals surface area contributed by atoms with E-state index in [4.69, 9.17) is 40.4 Å². The summed E-state index contributed by atoms with van der Waals surface area (Å²) in [6, 6.07) is 10.9. The van der Waals surface area contributed by atoms with Gasteiger partial charge in [-0.3, -0.25) is 38.4 Å². The molecular formula is C62H87ClN4O18. The summed E-state index contributed by atoms with van der Waals surface area (Å²) in [5.41, 5.74) is 1.89. The van der Waals surface area contributed by atoms with Crippen molar-refractivity contribution in [1.82, 2.24) is 21.3 Å². The smallest absolute Gasteiger partial charge is 0.347 e. The Morgan fingerprint density at radius 3 is 2.19 bits per heavy atom. The Morgan fingerprint density at radius 1 is 0.847 bits per heavy atom. The molecule has 0 bridgehead atoms. The summed E-state index contributed by atoms with van der Waals surface area (Å²) in [5, 5.41) is 51.2. The third kappa shape index (κ3) is 21.1. The van der Waals surface area contributed by atoms with Crippen LogP contribution in [0.2, 0.25) is 5.02 Å². The Balaban J connectivity index is 1.27. The number of carboxylic acids is 1. The number of benzene rings is 2. The lowest BCUT2D eigenvalue weighted by Gasteiger charge is -2.38. The number of hydrogen-bond donors (Lipinski definition) is 8. The van der Waals surface area contributed by atoms with Crippen LogP contribution in [0.5, 0.6) is 0 Å². The molecule has 2 aromatic carbocycles. The lowest BCUT2D eigenvalue weighted by Crippen LogP contribution is -2.61. The number of cyclic esters (lactones) is 2. The highest BCUT2D eigenvalue weighted by Gasteiger charge is 2.49. The van der Waals surface area contributed by atoms with Crippen LogP contribution in [0.1, 0.15) is 141 Å².